The third-order valence-corrected chi connectivity index (χ3v) is 4.53. The van der Waals surface area contributed by atoms with Gasteiger partial charge < -0.3 is 5.32 Å². The van der Waals surface area contributed by atoms with Gasteiger partial charge in [0.25, 0.3) is 0 Å². The standard InChI is InChI=1S/C13H27NS/c1-12(15-2)10-11-14-13-8-6-4-3-5-7-9-13/h12-14H,3-11H2,1-2H3. The minimum atomic E-state index is 0.811. The number of hydrogen-bond acceptors (Lipinski definition) is 2. The van der Waals surface area contributed by atoms with Gasteiger partial charge in [-0.05, 0) is 32.1 Å². The van der Waals surface area contributed by atoms with Gasteiger partial charge in [0, 0.05) is 11.3 Å². The topological polar surface area (TPSA) is 12.0 Å². The molecule has 2 heteroatoms. The molecule has 1 aliphatic rings. The van der Waals surface area contributed by atoms with Gasteiger partial charge in [0.2, 0.25) is 0 Å². The fourth-order valence-electron chi connectivity index (χ4n) is 2.27. The maximum absolute atomic E-state index is 3.74. The fourth-order valence-corrected chi connectivity index (χ4v) is 2.62. The first kappa shape index (κ1) is 13.4. The van der Waals surface area contributed by atoms with E-state index in [9.17, 15) is 0 Å². The Morgan fingerprint density at radius 1 is 1.13 bits per heavy atom. The van der Waals surface area contributed by atoms with Crippen molar-refractivity contribution >= 4 is 11.8 Å². The van der Waals surface area contributed by atoms with Crippen molar-refractivity contribution in [2.75, 3.05) is 12.8 Å². The first-order chi connectivity index (χ1) is 7.33. The number of thioether (sulfide) groups is 1. The molecule has 0 bridgehead atoms. The Kier molecular flexibility index (Phi) is 7.54. The third-order valence-electron chi connectivity index (χ3n) is 3.49. The fraction of sp³-hybridized carbons (Fsp3) is 1.00. The second kappa shape index (κ2) is 8.46. The first-order valence-corrected chi connectivity index (χ1v) is 7.88. The molecule has 0 aliphatic heterocycles. The molecule has 1 unspecified atom stereocenters. The monoisotopic (exact) mass is 229 g/mol. The lowest BCUT2D eigenvalue weighted by atomic mass is 9.97. The molecule has 0 radical (unpaired) electrons. The average molecular weight is 229 g/mol. The molecule has 0 saturated heterocycles. The molecule has 1 rings (SSSR count). The van der Waals surface area contributed by atoms with E-state index in [4.69, 9.17) is 0 Å². The van der Waals surface area contributed by atoms with Crippen LogP contribution in [0.3, 0.4) is 0 Å². The van der Waals surface area contributed by atoms with Crippen LogP contribution >= 0.6 is 11.8 Å². The lowest BCUT2D eigenvalue weighted by Crippen LogP contribution is -2.31. The zero-order chi connectivity index (χ0) is 10.9. The Bertz CT molecular complexity index is 141. The largest absolute Gasteiger partial charge is 0.314 e. The van der Waals surface area contributed by atoms with E-state index < -0.39 is 0 Å². The van der Waals surface area contributed by atoms with Crippen LogP contribution in [-0.4, -0.2) is 24.1 Å². The van der Waals surface area contributed by atoms with Crippen molar-refractivity contribution in [3.05, 3.63) is 0 Å². The van der Waals surface area contributed by atoms with Gasteiger partial charge in [-0.2, -0.15) is 11.8 Å². The van der Waals surface area contributed by atoms with Gasteiger partial charge in [0.1, 0.15) is 0 Å². The summed E-state index contributed by atoms with van der Waals surface area (Å²) < 4.78 is 0. The van der Waals surface area contributed by atoms with Crippen molar-refractivity contribution in [2.45, 2.75) is 69.6 Å². The van der Waals surface area contributed by atoms with E-state index in [-0.39, 0.29) is 0 Å². The molecular formula is C13H27NS. The molecule has 90 valence electrons. The predicted octanol–water partition coefficient (Wildman–Crippen LogP) is 3.83. The summed E-state index contributed by atoms with van der Waals surface area (Å²) in [5.74, 6) is 0. The first-order valence-electron chi connectivity index (χ1n) is 6.59. The van der Waals surface area contributed by atoms with E-state index >= 15 is 0 Å². The highest BCUT2D eigenvalue weighted by molar-refractivity contribution is 7.99. The number of hydrogen-bond donors (Lipinski definition) is 1. The summed E-state index contributed by atoms with van der Waals surface area (Å²) in [4.78, 5) is 0. The molecule has 1 N–H and O–H groups in total. The van der Waals surface area contributed by atoms with Crippen LogP contribution in [0, 0.1) is 0 Å². The van der Waals surface area contributed by atoms with Crippen molar-refractivity contribution in [2.24, 2.45) is 0 Å². The molecule has 1 saturated carbocycles. The molecule has 0 spiro atoms. The molecule has 0 aromatic rings. The van der Waals surface area contributed by atoms with Gasteiger partial charge in [-0.1, -0.05) is 39.0 Å². The second-order valence-electron chi connectivity index (χ2n) is 4.83. The number of rotatable bonds is 5. The minimum absolute atomic E-state index is 0.811. The van der Waals surface area contributed by atoms with Gasteiger partial charge >= 0.3 is 0 Å². The summed E-state index contributed by atoms with van der Waals surface area (Å²) in [5.41, 5.74) is 0. The maximum Gasteiger partial charge on any atom is 0.00670 e. The van der Waals surface area contributed by atoms with Crippen molar-refractivity contribution in [3.63, 3.8) is 0 Å². The lowest BCUT2D eigenvalue weighted by molar-refractivity contribution is 0.389. The van der Waals surface area contributed by atoms with E-state index in [0.717, 1.165) is 11.3 Å². The smallest absolute Gasteiger partial charge is 0.00670 e. The zero-order valence-corrected chi connectivity index (χ0v) is 11.2. The van der Waals surface area contributed by atoms with Gasteiger partial charge in [-0.3, -0.25) is 0 Å². The van der Waals surface area contributed by atoms with Crippen molar-refractivity contribution in [1.29, 1.82) is 0 Å². The predicted molar refractivity (Wildman–Crippen MR) is 71.7 cm³/mol. The van der Waals surface area contributed by atoms with E-state index in [0.29, 0.717) is 0 Å². The molecule has 0 heterocycles. The van der Waals surface area contributed by atoms with Crippen molar-refractivity contribution in [1.82, 2.24) is 5.32 Å². The molecule has 1 fully saturated rings. The van der Waals surface area contributed by atoms with Crippen LogP contribution in [0.5, 0.6) is 0 Å². The van der Waals surface area contributed by atoms with Crippen molar-refractivity contribution < 1.29 is 0 Å². The van der Waals surface area contributed by atoms with Crippen LogP contribution in [0.2, 0.25) is 0 Å². The van der Waals surface area contributed by atoms with Gasteiger partial charge in [-0.25, -0.2) is 0 Å². The summed E-state index contributed by atoms with van der Waals surface area (Å²) in [5, 5.41) is 4.55. The highest BCUT2D eigenvalue weighted by Crippen LogP contribution is 2.17. The molecule has 15 heavy (non-hydrogen) atoms. The zero-order valence-electron chi connectivity index (χ0n) is 10.4. The highest BCUT2D eigenvalue weighted by atomic mass is 32.2. The molecular weight excluding hydrogens is 202 g/mol. The molecule has 1 aliphatic carbocycles. The minimum Gasteiger partial charge on any atom is -0.314 e. The Balaban J connectivity index is 2.07. The van der Waals surface area contributed by atoms with E-state index in [2.05, 4.69) is 18.5 Å². The van der Waals surface area contributed by atoms with E-state index in [1.54, 1.807) is 0 Å². The maximum atomic E-state index is 3.74. The van der Waals surface area contributed by atoms with Crippen molar-refractivity contribution in [3.8, 4) is 0 Å². The second-order valence-corrected chi connectivity index (χ2v) is 6.11. The van der Waals surface area contributed by atoms with Crippen LogP contribution in [0.15, 0.2) is 0 Å². The molecule has 1 atom stereocenters. The van der Waals surface area contributed by atoms with Gasteiger partial charge in [-0.15, -0.1) is 0 Å². The van der Waals surface area contributed by atoms with Crippen LogP contribution in [0.1, 0.15) is 58.3 Å². The average Bonchev–Trinajstić information content (AvgIpc) is 2.20. The highest BCUT2D eigenvalue weighted by Gasteiger charge is 2.10. The van der Waals surface area contributed by atoms with Crippen LogP contribution in [0.25, 0.3) is 0 Å². The normalized spacial score (nSPS) is 22.0. The van der Waals surface area contributed by atoms with Gasteiger partial charge in [0.05, 0.1) is 0 Å². The SMILES string of the molecule is CSC(C)CCNC1CCCCCCC1. The lowest BCUT2D eigenvalue weighted by Gasteiger charge is -2.21. The van der Waals surface area contributed by atoms with Crippen LogP contribution in [0.4, 0.5) is 0 Å². The quantitative estimate of drug-likeness (QED) is 0.769. The molecule has 0 aromatic carbocycles. The summed E-state index contributed by atoms with van der Waals surface area (Å²) >= 11 is 1.98. The number of nitrogens with one attached hydrogen (secondary N) is 1. The summed E-state index contributed by atoms with van der Waals surface area (Å²) in [6.07, 6.45) is 13.6. The molecule has 0 amide bonds. The Morgan fingerprint density at radius 3 is 2.33 bits per heavy atom. The van der Waals surface area contributed by atoms with E-state index in [1.165, 1.54) is 57.9 Å². The van der Waals surface area contributed by atoms with Crippen LogP contribution < -0.4 is 5.32 Å². The molecule has 1 nitrogen and oxygen atoms in total. The van der Waals surface area contributed by atoms with E-state index in [1.807, 2.05) is 11.8 Å². The third kappa shape index (κ3) is 6.47. The molecule has 0 aromatic heterocycles. The van der Waals surface area contributed by atoms with Gasteiger partial charge in [0.15, 0.2) is 0 Å². The summed E-state index contributed by atoms with van der Waals surface area (Å²) in [6, 6.07) is 0.819. The summed E-state index contributed by atoms with van der Waals surface area (Å²) in [6.45, 7) is 3.54. The van der Waals surface area contributed by atoms with Crippen LogP contribution in [-0.2, 0) is 0 Å². The summed E-state index contributed by atoms with van der Waals surface area (Å²) in [7, 11) is 0. The Labute approximate surface area is 99.8 Å². The Morgan fingerprint density at radius 2 is 1.73 bits per heavy atom. The Hall–Kier alpha value is 0.310.